The molecule has 0 atom stereocenters. The number of hydrogen-bond donors (Lipinski definition) is 1. The summed E-state index contributed by atoms with van der Waals surface area (Å²) in [7, 11) is 0. The second kappa shape index (κ2) is 2.85. The Bertz CT molecular complexity index is 482. The third-order valence-electron chi connectivity index (χ3n) is 2.96. The Balaban J connectivity index is 2.31. The quantitative estimate of drug-likeness (QED) is 0.666. The van der Waals surface area contributed by atoms with Crippen LogP contribution in [-0.4, -0.2) is 11.1 Å². The van der Waals surface area contributed by atoms with Gasteiger partial charge in [-0.1, -0.05) is 11.6 Å². The highest BCUT2D eigenvalue weighted by Gasteiger charge is 2.11. The zero-order chi connectivity index (χ0) is 9.54. The molecule has 2 heteroatoms. The molecule has 0 saturated carbocycles. The van der Waals surface area contributed by atoms with Gasteiger partial charge >= 0.3 is 0 Å². The summed E-state index contributed by atoms with van der Waals surface area (Å²) < 4.78 is 2.42. The Labute approximate surface area is 83.5 Å². The number of hydrogen-bond acceptors (Lipinski definition) is 1. The molecule has 1 aromatic carbocycles. The van der Waals surface area contributed by atoms with Crippen molar-refractivity contribution in [2.45, 2.75) is 20.0 Å². The van der Waals surface area contributed by atoms with E-state index in [-0.39, 0.29) is 0 Å². The summed E-state index contributed by atoms with van der Waals surface area (Å²) >= 11 is 0. The maximum atomic E-state index is 3.40. The van der Waals surface area contributed by atoms with Gasteiger partial charge in [-0.2, -0.15) is 0 Å². The molecule has 0 radical (unpaired) electrons. The Kier molecular flexibility index (Phi) is 1.64. The van der Waals surface area contributed by atoms with E-state index in [1.807, 2.05) is 0 Å². The summed E-state index contributed by atoms with van der Waals surface area (Å²) in [5.74, 6) is 0. The maximum absolute atomic E-state index is 3.40. The van der Waals surface area contributed by atoms with Gasteiger partial charge in [-0.15, -0.1) is 0 Å². The van der Waals surface area contributed by atoms with Gasteiger partial charge in [0.2, 0.25) is 0 Å². The van der Waals surface area contributed by atoms with Crippen molar-refractivity contribution in [3.05, 3.63) is 35.5 Å². The van der Waals surface area contributed by atoms with Crippen LogP contribution < -0.4 is 5.32 Å². The number of benzene rings is 1. The van der Waals surface area contributed by atoms with E-state index in [4.69, 9.17) is 0 Å². The average Bonchev–Trinajstić information content (AvgIpc) is 2.54. The molecule has 0 unspecified atom stereocenters. The van der Waals surface area contributed by atoms with Crippen molar-refractivity contribution in [2.75, 3.05) is 6.54 Å². The van der Waals surface area contributed by atoms with E-state index in [2.05, 4.69) is 41.1 Å². The van der Waals surface area contributed by atoms with Crippen molar-refractivity contribution in [1.29, 1.82) is 0 Å². The van der Waals surface area contributed by atoms with Crippen molar-refractivity contribution in [3.63, 3.8) is 0 Å². The Hall–Kier alpha value is -1.28. The summed E-state index contributed by atoms with van der Waals surface area (Å²) in [5, 5.41) is 4.77. The van der Waals surface area contributed by atoms with E-state index in [9.17, 15) is 0 Å². The molecule has 2 aromatic rings. The van der Waals surface area contributed by atoms with E-state index in [1.54, 1.807) is 0 Å². The molecule has 0 spiro atoms. The lowest BCUT2D eigenvalue weighted by atomic mass is 10.2. The molecule has 0 saturated heterocycles. The highest BCUT2D eigenvalue weighted by atomic mass is 15.1. The van der Waals surface area contributed by atoms with E-state index < -0.39 is 0 Å². The monoisotopic (exact) mass is 186 g/mol. The normalized spacial score (nSPS) is 15.8. The smallest absolute Gasteiger partial charge is 0.0483 e. The fraction of sp³-hybridized carbons (Fsp3) is 0.333. The van der Waals surface area contributed by atoms with Crippen LogP contribution in [0.4, 0.5) is 0 Å². The molecular formula is C12H14N2. The van der Waals surface area contributed by atoms with Crippen LogP contribution in [0.15, 0.2) is 24.3 Å². The topological polar surface area (TPSA) is 17.0 Å². The molecular weight excluding hydrogens is 172 g/mol. The van der Waals surface area contributed by atoms with Crippen molar-refractivity contribution >= 4 is 10.9 Å². The summed E-state index contributed by atoms with van der Waals surface area (Å²) in [4.78, 5) is 0. The summed E-state index contributed by atoms with van der Waals surface area (Å²) in [5.41, 5.74) is 4.14. The highest BCUT2D eigenvalue weighted by molar-refractivity contribution is 5.82. The summed E-state index contributed by atoms with van der Waals surface area (Å²) in [6.45, 7) is 5.34. The van der Waals surface area contributed by atoms with Crippen LogP contribution in [0.1, 0.15) is 11.3 Å². The third-order valence-corrected chi connectivity index (χ3v) is 2.96. The van der Waals surface area contributed by atoms with Crippen LogP contribution in [0.3, 0.4) is 0 Å². The van der Waals surface area contributed by atoms with E-state index in [0.717, 1.165) is 19.6 Å². The molecule has 1 aromatic heterocycles. The largest absolute Gasteiger partial charge is 0.342 e. The first-order chi connectivity index (χ1) is 6.84. The number of nitrogens with one attached hydrogen (secondary N) is 1. The van der Waals surface area contributed by atoms with Crippen molar-refractivity contribution in [2.24, 2.45) is 0 Å². The number of nitrogens with zero attached hydrogens (tertiary/aromatic N) is 1. The minimum atomic E-state index is 1.01. The first kappa shape index (κ1) is 8.06. The van der Waals surface area contributed by atoms with Gasteiger partial charge in [0, 0.05) is 36.2 Å². The number of rotatable bonds is 0. The number of fused-ring (bicyclic) bond motifs is 3. The van der Waals surface area contributed by atoms with Gasteiger partial charge in [0.25, 0.3) is 0 Å². The fourth-order valence-electron chi connectivity index (χ4n) is 2.27. The predicted octanol–water partition coefficient (Wildman–Crippen LogP) is 2.05. The molecule has 0 bridgehead atoms. The van der Waals surface area contributed by atoms with Crippen LogP contribution >= 0.6 is 0 Å². The third kappa shape index (κ3) is 1.07. The standard InChI is InChI=1S/C12H14N2/c1-9-2-3-12-10(6-9)7-11-8-13-4-5-14(11)12/h2-3,6-7,13H,4-5,8H2,1H3. The molecule has 0 fully saturated rings. The van der Waals surface area contributed by atoms with Crippen molar-refractivity contribution in [3.8, 4) is 0 Å². The molecule has 72 valence electrons. The molecule has 2 heterocycles. The molecule has 0 aliphatic carbocycles. The van der Waals surface area contributed by atoms with Crippen molar-refractivity contribution < 1.29 is 0 Å². The van der Waals surface area contributed by atoms with Gasteiger partial charge in [-0.3, -0.25) is 0 Å². The van der Waals surface area contributed by atoms with Gasteiger partial charge in [0.15, 0.2) is 0 Å². The van der Waals surface area contributed by atoms with Crippen LogP contribution in [0.5, 0.6) is 0 Å². The SMILES string of the molecule is Cc1ccc2c(c1)cc1n2CCNC1. The van der Waals surface area contributed by atoms with Gasteiger partial charge in [0.1, 0.15) is 0 Å². The minimum Gasteiger partial charge on any atom is -0.342 e. The van der Waals surface area contributed by atoms with Gasteiger partial charge < -0.3 is 9.88 Å². The van der Waals surface area contributed by atoms with Crippen LogP contribution in [0, 0.1) is 6.92 Å². The Morgan fingerprint density at radius 3 is 3.14 bits per heavy atom. The molecule has 1 N–H and O–H groups in total. The zero-order valence-electron chi connectivity index (χ0n) is 8.38. The van der Waals surface area contributed by atoms with Crippen LogP contribution in [-0.2, 0) is 13.1 Å². The number of aromatic nitrogens is 1. The Morgan fingerprint density at radius 2 is 2.21 bits per heavy atom. The molecule has 14 heavy (non-hydrogen) atoms. The number of aryl methyl sites for hydroxylation is 1. The van der Waals surface area contributed by atoms with Gasteiger partial charge in [0.05, 0.1) is 0 Å². The maximum Gasteiger partial charge on any atom is 0.0483 e. The Morgan fingerprint density at radius 1 is 1.29 bits per heavy atom. The molecule has 1 aliphatic heterocycles. The van der Waals surface area contributed by atoms with Crippen LogP contribution in [0.2, 0.25) is 0 Å². The zero-order valence-corrected chi connectivity index (χ0v) is 8.38. The van der Waals surface area contributed by atoms with Crippen molar-refractivity contribution in [1.82, 2.24) is 9.88 Å². The molecule has 1 aliphatic rings. The average molecular weight is 186 g/mol. The second-order valence-corrected chi connectivity index (χ2v) is 4.03. The van der Waals surface area contributed by atoms with E-state index >= 15 is 0 Å². The fourth-order valence-corrected chi connectivity index (χ4v) is 2.27. The molecule has 0 amide bonds. The lowest BCUT2D eigenvalue weighted by molar-refractivity contribution is 0.527. The van der Waals surface area contributed by atoms with Gasteiger partial charge in [-0.25, -0.2) is 0 Å². The lowest BCUT2D eigenvalue weighted by Gasteiger charge is -2.16. The molecule has 3 rings (SSSR count). The molecule has 2 nitrogen and oxygen atoms in total. The second-order valence-electron chi connectivity index (χ2n) is 4.03. The first-order valence-electron chi connectivity index (χ1n) is 5.14. The summed E-state index contributed by atoms with van der Waals surface area (Å²) in [6, 6.07) is 8.99. The van der Waals surface area contributed by atoms with E-state index in [1.165, 1.54) is 22.2 Å². The predicted molar refractivity (Wildman–Crippen MR) is 58.4 cm³/mol. The van der Waals surface area contributed by atoms with Gasteiger partial charge in [-0.05, 0) is 25.1 Å². The van der Waals surface area contributed by atoms with Crippen LogP contribution in [0.25, 0.3) is 10.9 Å². The highest BCUT2D eigenvalue weighted by Crippen LogP contribution is 2.22. The van der Waals surface area contributed by atoms with E-state index in [0.29, 0.717) is 0 Å². The summed E-state index contributed by atoms with van der Waals surface area (Å²) in [6.07, 6.45) is 0. The lowest BCUT2D eigenvalue weighted by Crippen LogP contribution is -2.27. The minimum absolute atomic E-state index is 1.01. The first-order valence-corrected chi connectivity index (χ1v) is 5.14.